The summed E-state index contributed by atoms with van der Waals surface area (Å²) in [5.74, 6) is -0.368. The first-order valence-electron chi connectivity index (χ1n) is 5.39. The number of nitrogens with two attached hydrogens (primary N) is 1. The van der Waals surface area contributed by atoms with E-state index >= 15 is 0 Å². The lowest BCUT2D eigenvalue weighted by molar-refractivity contribution is -0.152. The number of carbonyl (C=O) groups excluding carboxylic acids is 1. The van der Waals surface area contributed by atoms with Gasteiger partial charge in [0.1, 0.15) is 12.1 Å². The minimum Gasteiger partial charge on any atom is -0.459 e. The number of hydrogen-bond donors (Lipinski definition) is 2. The van der Waals surface area contributed by atoms with E-state index in [0.29, 0.717) is 21.4 Å². The fraction of sp³-hybridized carbons (Fsp3) is 0.417. The predicted molar refractivity (Wildman–Crippen MR) is 75.2 cm³/mol. The van der Waals surface area contributed by atoms with Crippen molar-refractivity contribution in [2.75, 3.05) is 17.6 Å². The largest absolute Gasteiger partial charge is 0.459 e. The maximum absolute atomic E-state index is 11.5. The Morgan fingerprint density at radius 1 is 1.33 bits per heavy atom. The molecule has 0 aromatic heterocycles. The van der Waals surface area contributed by atoms with E-state index in [4.69, 9.17) is 33.7 Å². The van der Waals surface area contributed by atoms with Gasteiger partial charge < -0.3 is 15.8 Å². The summed E-state index contributed by atoms with van der Waals surface area (Å²) in [7, 11) is 0. The molecule has 0 aliphatic carbocycles. The second kappa shape index (κ2) is 5.67. The molecule has 18 heavy (non-hydrogen) atoms. The molecule has 100 valence electrons. The van der Waals surface area contributed by atoms with Gasteiger partial charge in [-0.3, -0.25) is 4.79 Å². The summed E-state index contributed by atoms with van der Waals surface area (Å²) < 4.78 is 5.15. The molecule has 0 radical (unpaired) electrons. The fourth-order valence-electron chi connectivity index (χ4n) is 1.26. The van der Waals surface area contributed by atoms with Gasteiger partial charge in [0.2, 0.25) is 0 Å². The van der Waals surface area contributed by atoms with Gasteiger partial charge in [-0.15, -0.1) is 0 Å². The maximum atomic E-state index is 11.5. The van der Waals surface area contributed by atoms with E-state index in [-0.39, 0.29) is 12.5 Å². The Labute approximate surface area is 116 Å². The number of benzene rings is 1. The van der Waals surface area contributed by atoms with Crippen LogP contribution in [-0.4, -0.2) is 18.1 Å². The van der Waals surface area contributed by atoms with Crippen molar-refractivity contribution in [3.8, 4) is 0 Å². The summed E-state index contributed by atoms with van der Waals surface area (Å²) >= 11 is 11.7. The van der Waals surface area contributed by atoms with Gasteiger partial charge in [-0.1, -0.05) is 23.2 Å². The van der Waals surface area contributed by atoms with Crippen LogP contribution in [-0.2, 0) is 9.53 Å². The van der Waals surface area contributed by atoms with Crippen LogP contribution >= 0.6 is 23.2 Å². The van der Waals surface area contributed by atoms with Crippen molar-refractivity contribution >= 4 is 40.5 Å². The van der Waals surface area contributed by atoms with Gasteiger partial charge in [0.05, 0.1) is 21.4 Å². The lowest BCUT2D eigenvalue weighted by Crippen LogP contribution is -2.28. The van der Waals surface area contributed by atoms with Crippen LogP contribution in [0.5, 0.6) is 0 Å². The average Bonchev–Trinajstić information content (AvgIpc) is 2.19. The molecule has 1 aromatic carbocycles. The summed E-state index contributed by atoms with van der Waals surface area (Å²) in [6, 6.07) is 3.10. The minimum absolute atomic E-state index is 0.0133. The summed E-state index contributed by atoms with van der Waals surface area (Å²) in [6.07, 6.45) is 0. The number of rotatable bonds is 3. The van der Waals surface area contributed by atoms with Crippen molar-refractivity contribution < 1.29 is 9.53 Å². The van der Waals surface area contributed by atoms with Gasteiger partial charge in [0.25, 0.3) is 0 Å². The van der Waals surface area contributed by atoms with Crippen LogP contribution in [0.15, 0.2) is 12.1 Å². The predicted octanol–water partition coefficient (Wildman–Crippen LogP) is 3.33. The van der Waals surface area contributed by atoms with E-state index in [1.54, 1.807) is 26.8 Å². The Bertz CT molecular complexity index is 456. The molecule has 3 N–H and O–H groups in total. The second-order valence-corrected chi connectivity index (χ2v) is 5.61. The molecule has 0 saturated carbocycles. The monoisotopic (exact) mass is 290 g/mol. The second-order valence-electron chi connectivity index (χ2n) is 4.79. The molecule has 0 aliphatic heterocycles. The molecule has 0 atom stereocenters. The third-order valence-electron chi connectivity index (χ3n) is 1.94. The van der Waals surface area contributed by atoms with Crippen molar-refractivity contribution in [3.63, 3.8) is 0 Å². The molecular formula is C12H16Cl2N2O2. The normalized spacial score (nSPS) is 11.2. The summed E-state index contributed by atoms with van der Waals surface area (Å²) in [6.45, 7) is 5.43. The first-order valence-corrected chi connectivity index (χ1v) is 6.15. The van der Waals surface area contributed by atoms with Crippen LogP contribution < -0.4 is 11.1 Å². The smallest absolute Gasteiger partial charge is 0.325 e. The van der Waals surface area contributed by atoms with Gasteiger partial charge >= 0.3 is 5.97 Å². The highest BCUT2D eigenvalue weighted by molar-refractivity contribution is 6.42. The number of halogens is 2. The Kier molecular flexibility index (Phi) is 4.71. The zero-order valence-corrected chi connectivity index (χ0v) is 12.0. The molecule has 0 heterocycles. The van der Waals surface area contributed by atoms with Crippen LogP contribution in [0.4, 0.5) is 11.4 Å². The van der Waals surface area contributed by atoms with Gasteiger partial charge in [0, 0.05) is 0 Å². The van der Waals surface area contributed by atoms with Crippen LogP contribution in [0.25, 0.3) is 0 Å². The number of ether oxygens (including phenoxy) is 1. The highest BCUT2D eigenvalue weighted by Crippen LogP contribution is 2.30. The van der Waals surface area contributed by atoms with Crippen molar-refractivity contribution in [3.05, 3.63) is 22.2 Å². The number of nitrogen functional groups attached to an aromatic ring is 1. The number of esters is 1. The molecule has 0 saturated heterocycles. The molecule has 1 rings (SSSR count). The Morgan fingerprint density at radius 3 is 2.44 bits per heavy atom. The molecule has 0 amide bonds. The SMILES string of the molecule is CC(C)(C)OC(=O)CNc1cc(Cl)c(Cl)cc1N. The lowest BCUT2D eigenvalue weighted by atomic mass is 10.2. The van der Waals surface area contributed by atoms with Crippen molar-refractivity contribution in [1.82, 2.24) is 0 Å². The van der Waals surface area contributed by atoms with E-state index < -0.39 is 5.60 Å². The van der Waals surface area contributed by atoms with E-state index in [1.165, 1.54) is 6.07 Å². The topological polar surface area (TPSA) is 64.3 Å². The standard InChI is InChI=1S/C12H16Cl2N2O2/c1-12(2,3)18-11(17)6-16-10-5-8(14)7(13)4-9(10)15/h4-5,16H,6,15H2,1-3H3. The van der Waals surface area contributed by atoms with Crippen LogP contribution in [0.3, 0.4) is 0 Å². The van der Waals surface area contributed by atoms with Crippen molar-refractivity contribution in [2.45, 2.75) is 26.4 Å². The molecule has 0 fully saturated rings. The van der Waals surface area contributed by atoms with Gasteiger partial charge in [-0.25, -0.2) is 0 Å². The van der Waals surface area contributed by atoms with E-state index in [0.717, 1.165) is 0 Å². The highest BCUT2D eigenvalue weighted by Gasteiger charge is 2.16. The number of hydrogen-bond acceptors (Lipinski definition) is 4. The molecule has 0 spiro atoms. The van der Waals surface area contributed by atoms with E-state index in [2.05, 4.69) is 5.32 Å². The third kappa shape index (κ3) is 4.63. The molecule has 0 bridgehead atoms. The lowest BCUT2D eigenvalue weighted by Gasteiger charge is -2.20. The van der Waals surface area contributed by atoms with Crippen LogP contribution in [0.2, 0.25) is 10.0 Å². The van der Waals surface area contributed by atoms with Gasteiger partial charge in [0.15, 0.2) is 0 Å². The van der Waals surface area contributed by atoms with Crippen molar-refractivity contribution in [2.24, 2.45) is 0 Å². The number of carbonyl (C=O) groups is 1. The molecular weight excluding hydrogens is 275 g/mol. The van der Waals surface area contributed by atoms with E-state index in [9.17, 15) is 4.79 Å². The molecule has 0 unspecified atom stereocenters. The summed E-state index contributed by atoms with van der Waals surface area (Å²) in [5.41, 5.74) is 6.21. The summed E-state index contributed by atoms with van der Waals surface area (Å²) in [5, 5.41) is 3.61. The number of nitrogens with one attached hydrogen (secondary N) is 1. The fourth-order valence-corrected chi connectivity index (χ4v) is 1.60. The number of anilines is 2. The summed E-state index contributed by atoms with van der Waals surface area (Å²) in [4.78, 5) is 11.5. The zero-order chi connectivity index (χ0) is 13.9. The van der Waals surface area contributed by atoms with Crippen LogP contribution in [0, 0.1) is 0 Å². The Balaban J connectivity index is 2.64. The van der Waals surface area contributed by atoms with Crippen molar-refractivity contribution in [1.29, 1.82) is 0 Å². The minimum atomic E-state index is -0.512. The Hall–Kier alpha value is -1.13. The maximum Gasteiger partial charge on any atom is 0.325 e. The molecule has 6 heteroatoms. The first-order chi connectivity index (χ1) is 8.19. The molecule has 4 nitrogen and oxygen atoms in total. The first kappa shape index (κ1) is 14.9. The van der Waals surface area contributed by atoms with Crippen LogP contribution in [0.1, 0.15) is 20.8 Å². The molecule has 0 aliphatic rings. The van der Waals surface area contributed by atoms with E-state index in [1.807, 2.05) is 0 Å². The zero-order valence-electron chi connectivity index (χ0n) is 10.5. The average molecular weight is 291 g/mol. The van der Waals surface area contributed by atoms with Gasteiger partial charge in [-0.05, 0) is 32.9 Å². The van der Waals surface area contributed by atoms with Gasteiger partial charge in [-0.2, -0.15) is 0 Å². The molecule has 1 aromatic rings. The Morgan fingerprint density at radius 2 is 1.89 bits per heavy atom. The quantitative estimate of drug-likeness (QED) is 0.662. The highest BCUT2D eigenvalue weighted by atomic mass is 35.5. The third-order valence-corrected chi connectivity index (χ3v) is 2.66.